The fourth-order valence-electron chi connectivity index (χ4n) is 3.73. The quantitative estimate of drug-likeness (QED) is 0.472. The van der Waals surface area contributed by atoms with Crippen molar-refractivity contribution in [2.24, 2.45) is 5.92 Å². The Kier molecular flexibility index (Phi) is 5.79. The number of nitrogens with zero attached hydrogens (tertiary/aromatic N) is 1. The van der Waals surface area contributed by atoms with E-state index in [9.17, 15) is 9.59 Å². The zero-order valence-corrected chi connectivity index (χ0v) is 16.7. The Morgan fingerprint density at radius 1 is 0.967 bits per heavy atom. The van der Waals surface area contributed by atoms with Gasteiger partial charge >= 0.3 is 0 Å². The molecule has 30 heavy (non-hydrogen) atoms. The second-order valence-corrected chi connectivity index (χ2v) is 7.65. The normalized spacial score (nSPS) is 14.3. The van der Waals surface area contributed by atoms with Gasteiger partial charge < -0.3 is 16.4 Å². The number of anilines is 3. The Morgan fingerprint density at radius 2 is 1.73 bits per heavy atom. The van der Waals surface area contributed by atoms with E-state index in [-0.39, 0.29) is 17.7 Å². The number of aromatic nitrogens is 2. The number of nitrogens with two attached hydrogens (primary N) is 1. The lowest BCUT2D eigenvalue weighted by atomic mass is 9.88. The number of nitrogens with one attached hydrogen (secondary N) is 3. The molecule has 0 bridgehead atoms. The molecule has 7 heteroatoms. The van der Waals surface area contributed by atoms with Crippen LogP contribution in [0.15, 0.2) is 54.6 Å². The molecule has 3 aromatic rings. The lowest BCUT2D eigenvalue weighted by Gasteiger charge is -2.20. The zero-order valence-electron chi connectivity index (χ0n) is 16.7. The van der Waals surface area contributed by atoms with Crippen molar-refractivity contribution in [2.45, 2.75) is 32.1 Å². The summed E-state index contributed by atoms with van der Waals surface area (Å²) in [5.41, 5.74) is 9.18. The Hall–Kier alpha value is -3.61. The molecule has 0 aliphatic heterocycles. The van der Waals surface area contributed by atoms with Gasteiger partial charge in [-0.2, -0.15) is 5.10 Å². The van der Waals surface area contributed by atoms with Gasteiger partial charge in [0.1, 0.15) is 0 Å². The molecule has 7 nitrogen and oxygen atoms in total. The lowest BCUT2D eigenvalue weighted by Crippen LogP contribution is -2.24. The first kappa shape index (κ1) is 19.7. The maximum absolute atomic E-state index is 12.6. The molecule has 1 fully saturated rings. The summed E-state index contributed by atoms with van der Waals surface area (Å²) in [5.74, 6) is 0.224. The molecular weight excluding hydrogens is 378 g/mol. The maximum Gasteiger partial charge on any atom is 0.256 e. The summed E-state index contributed by atoms with van der Waals surface area (Å²) in [5, 5.41) is 12.8. The van der Waals surface area contributed by atoms with Gasteiger partial charge in [-0.25, -0.2) is 0 Å². The highest BCUT2D eigenvalue weighted by molar-refractivity contribution is 6.05. The minimum Gasteiger partial charge on any atom is -0.399 e. The van der Waals surface area contributed by atoms with Crippen LogP contribution >= 0.6 is 0 Å². The number of hydrogen-bond acceptors (Lipinski definition) is 4. The molecule has 0 radical (unpaired) electrons. The van der Waals surface area contributed by atoms with Crippen molar-refractivity contribution in [3.63, 3.8) is 0 Å². The van der Waals surface area contributed by atoms with Gasteiger partial charge in [0.15, 0.2) is 5.82 Å². The molecule has 1 aromatic heterocycles. The highest BCUT2D eigenvalue weighted by atomic mass is 16.2. The van der Waals surface area contributed by atoms with Gasteiger partial charge in [-0.05, 0) is 48.7 Å². The molecule has 0 spiro atoms. The van der Waals surface area contributed by atoms with E-state index in [1.807, 2.05) is 24.3 Å². The monoisotopic (exact) mass is 403 g/mol. The molecule has 1 saturated carbocycles. The first-order valence-corrected chi connectivity index (χ1v) is 10.2. The van der Waals surface area contributed by atoms with Crippen molar-refractivity contribution in [1.82, 2.24) is 10.2 Å². The first-order valence-electron chi connectivity index (χ1n) is 10.2. The number of carbonyl (C=O) groups is 2. The van der Waals surface area contributed by atoms with Crippen LogP contribution in [0, 0.1) is 5.92 Å². The number of hydrogen-bond donors (Lipinski definition) is 4. The van der Waals surface area contributed by atoms with Gasteiger partial charge in [0.2, 0.25) is 5.91 Å². The minimum atomic E-state index is -0.292. The Bertz CT molecular complexity index is 1040. The zero-order chi connectivity index (χ0) is 20.9. The van der Waals surface area contributed by atoms with Crippen LogP contribution in [0.5, 0.6) is 0 Å². The third kappa shape index (κ3) is 4.68. The Balaban J connectivity index is 1.41. The largest absolute Gasteiger partial charge is 0.399 e. The SMILES string of the molecule is Nc1ccc(-c2cc(NC(=O)c3cccc(NC(=O)C4CCCCC4)c3)n[nH]2)cc1. The fourth-order valence-corrected chi connectivity index (χ4v) is 3.73. The fraction of sp³-hybridized carbons (Fsp3) is 0.261. The van der Waals surface area contributed by atoms with Crippen LogP contribution in [-0.2, 0) is 4.79 Å². The third-order valence-electron chi connectivity index (χ3n) is 5.41. The number of aromatic amines is 1. The molecule has 5 N–H and O–H groups in total. The van der Waals surface area contributed by atoms with Crippen LogP contribution in [0.25, 0.3) is 11.3 Å². The molecule has 0 saturated heterocycles. The van der Waals surface area contributed by atoms with Crippen molar-refractivity contribution >= 4 is 29.0 Å². The molecule has 1 aliphatic rings. The van der Waals surface area contributed by atoms with E-state index in [0.717, 1.165) is 36.9 Å². The van der Waals surface area contributed by atoms with Crippen LogP contribution in [0.2, 0.25) is 0 Å². The van der Waals surface area contributed by atoms with Crippen LogP contribution < -0.4 is 16.4 Å². The first-order chi connectivity index (χ1) is 14.6. The highest BCUT2D eigenvalue weighted by Gasteiger charge is 2.21. The van der Waals surface area contributed by atoms with Crippen molar-refractivity contribution in [3.05, 3.63) is 60.2 Å². The number of nitrogen functional groups attached to an aromatic ring is 1. The van der Waals surface area contributed by atoms with E-state index in [1.165, 1.54) is 6.42 Å². The van der Waals surface area contributed by atoms with E-state index in [1.54, 1.807) is 30.3 Å². The van der Waals surface area contributed by atoms with Crippen LogP contribution in [0.1, 0.15) is 42.5 Å². The summed E-state index contributed by atoms with van der Waals surface area (Å²) in [6.07, 6.45) is 5.26. The van der Waals surface area contributed by atoms with E-state index < -0.39 is 0 Å². The molecule has 1 aliphatic carbocycles. The van der Waals surface area contributed by atoms with Gasteiger partial charge in [-0.1, -0.05) is 37.5 Å². The van der Waals surface area contributed by atoms with Gasteiger partial charge in [0.05, 0.1) is 5.69 Å². The summed E-state index contributed by atoms with van der Waals surface area (Å²) in [4.78, 5) is 25.1. The Labute approximate surface area is 175 Å². The molecule has 2 amide bonds. The topological polar surface area (TPSA) is 113 Å². The lowest BCUT2D eigenvalue weighted by molar-refractivity contribution is -0.120. The van der Waals surface area contributed by atoms with Crippen molar-refractivity contribution in [1.29, 1.82) is 0 Å². The third-order valence-corrected chi connectivity index (χ3v) is 5.41. The molecule has 4 rings (SSSR count). The van der Waals surface area contributed by atoms with E-state index in [0.29, 0.717) is 22.8 Å². The van der Waals surface area contributed by atoms with Crippen molar-refractivity contribution in [2.75, 3.05) is 16.4 Å². The van der Waals surface area contributed by atoms with Gasteiger partial charge in [0, 0.05) is 28.9 Å². The number of H-pyrrole nitrogens is 1. The molecule has 1 heterocycles. The average molecular weight is 403 g/mol. The van der Waals surface area contributed by atoms with Gasteiger partial charge in [0.25, 0.3) is 5.91 Å². The van der Waals surface area contributed by atoms with Crippen LogP contribution in [0.4, 0.5) is 17.2 Å². The van der Waals surface area contributed by atoms with Crippen molar-refractivity contribution < 1.29 is 9.59 Å². The molecule has 154 valence electrons. The molecule has 0 atom stereocenters. The van der Waals surface area contributed by atoms with Gasteiger partial charge in [-0.3, -0.25) is 14.7 Å². The highest BCUT2D eigenvalue weighted by Crippen LogP contribution is 2.25. The second kappa shape index (κ2) is 8.82. The molecule has 2 aromatic carbocycles. The number of rotatable bonds is 5. The van der Waals surface area contributed by atoms with E-state index >= 15 is 0 Å². The number of benzene rings is 2. The molecule has 0 unspecified atom stereocenters. The minimum absolute atomic E-state index is 0.0349. The predicted octanol–water partition coefficient (Wildman–Crippen LogP) is 4.43. The predicted molar refractivity (Wildman–Crippen MR) is 118 cm³/mol. The smallest absolute Gasteiger partial charge is 0.256 e. The second-order valence-electron chi connectivity index (χ2n) is 7.65. The summed E-state index contributed by atoms with van der Waals surface area (Å²) in [6, 6.07) is 16.1. The van der Waals surface area contributed by atoms with E-state index in [4.69, 9.17) is 5.73 Å². The van der Waals surface area contributed by atoms with Gasteiger partial charge in [-0.15, -0.1) is 0 Å². The average Bonchev–Trinajstić information content (AvgIpc) is 3.23. The van der Waals surface area contributed by atoms with Crippen molar-refractivity contribution in [3.8, 4) is 11.3 Å². The van der Waals surface area contributed by atoms with Crippen LogP contribution in [0.3, 0.4) is 0 Å². The summed E-state index contributed by atoms with van der Waals surface area (Å²) in [7, 11) is 0. The maximum atomic E-state index is 12.6. The van der Waals surface area contributed by atoms with E-state index in [2.05, 4.69) is 20.8 Å². The number of amides is 2. The standard InChI is InChI=1S/C23H25N5O2/c24-18-11-9-15(10-12-18)20-14-21(28-27-20)26-23(30)17-7-4-8-19(13-17)25-22(29)16-5-2-1-3-6-16/h4,7-14,16H,1-3,5-6,24H2,(H,25,29)(H2,26,27,28,30). The summed E-state index contributed by atoms with van der Waals surface area (Å²) >= 11 is 0. The summed E-state index contributed by atoms with van der Waals surface area (Å²) in [6.45, 7) is 0. The Morgan fingerprint density at radius 3 is 2.50 bits per heavy atom. The molecular formula is C23H25N5O2. The summed E-state index contributed by atoms with van der Waals surface area (Å²) < 4.78 is 0. The number of carbonyl (C=O) groups excluding carboxylic acids is 2. The van der Waals surface area contributed by atoms with Crippen LogP contribution in [-0.4, -0.2) is 22.0 Å².